The summed E-state index contributed by atoms with van der Waals surface area (Å²) in [5.41, 5.74) is 1.16. The maximum Gasteiger partial charge on any atom is 0.237 e. The van der Waals surface area contributed by atoms with E-state index in [1.54, 1.807) is 0 Å². The van der Waals surface area contributed by atoms with Crippen molar-refractivity contribution < 1.29 is 4.79 Å². The van der Waals surface area contributed by atoms with Gasteiger partial charge in [-0.25, -0.2) is 0 Å². The van der Waals surface area contributed by atoms with Crippen LogP contribution in [0.15, 0.2) is 30.3 Å². The standard InChI is InChI=1S/C16H25N3O/c1-19(2)12-15(13-8-4-3-5-9-13)18-16(20)14-10-6-7-11-17-14/h3-5,8-9,14-15,17H,6-7,10-12H2,1-2H3,(H,18,20)/t14-,15?/m0/s1. The van der Waals surface area contributed by atoms with Crippen LogP contribution in [0.4, 0.5) is 0 Å². The number of benzene rings is 1. The number of nitrogens with one attached hydrogen (secondary N) is 2. The van der Waals surface area contributed by atoms with Gasteiger partial charge >= 0.3 is 0 Å². The minimum Gasteiger partial charge on any atom is -0.347 e. The lowest BCUT2D eigenvalue weighted by atomic mass is 10.0. The van der Waals surface area contributed by atoms with Crippen LogP contribution in [0.5, 0.6) is 0 Å². The van der Waals surface area contributed by atoms with Gasteiger partial charge in [0.15, 0.2) is 0 Å². The number of amides is 1. The molecule has 1 unspecified atom stereocenters. The van der Waals surface area contributed by atoms with Crippen molar-refractivity contribution in [3.05, 3.63) is 35.9 Å². The van der Waals surface area contributed by atoms with Crippen LogP contribution in [0, 0.1) is 0 Å². The second-order valence-corrected chi connectivity index (χ2v) is 5.74. The molecule has 1 amide bonds. The van der Waals surface area contributed by atoms with Crippen LogP contribution in [0.1, 0.15) is 30.9 Å². The van der Waals surface area contributed by atoms with Crippen molar-refractivity contribution in [2.75, 3.05) is 27.2 Å². The molecule has 0 aliphatic carbocycles. The molecule has 110 valence electrons. The topological polar surface area (TPSA) is 44.4 Å². The first kappa shape index (κ1) is 15.0. The number of nitrogens with zero attached hydrogens (tertiary/aromatic N) is 1. The van der Waals surface area contributed by atoms with E-state index < -0.39 is 0 Å². The van der Waals surface area contributed by atoms with Gasteiger partial charge in [-0.3, -0.25) is 4.79 Å². The summed E-state index contributed by atoms with van der Waals surface area (Å²) >= 11 is 0. The Morgan fingerprint density at radius 3 is 2.70 bits per heavy atom. The monoisotopic (exact) mass is 275 g/mol. The zero-order chi connectivity index (χ0) is 14.4. The summed E-state index contributed by atoms with van der Waals surface area (Å²) in [6, 6.07) is 10.2. The lowest BCUT2D eigenvalue weighted by Crippen LogP contribution is -2.48. The highest BCUT2D eigenvalue weighted by Gasteiger charge is 2.23. The summed E-state index contributed by atoms with van der Waals surface area (Å²) in [6.45, 7) is 1.75. The highest BCUT2D eigenvalue weighted by atomic mass is 16.2. The van der Waals surface area contributed by atoms with Gasteiger partial charge in [0, 0.05) is 6.54 Å². The zero-order valence-corrected chi connectivity index (χ0v) is 12.4. The van der Waals surface area contributed by atoms with E-state index in [0.717, 1.165) is 31.5 Å². The molecule has 0 spiro atoms. The minimum absolute atomic E-state index is 0.0304. The molecule has 1 aromatic carbocycles. The second kappa shape index (κ2) is 7.41. The van der Waals surface area contributed by atoms with Crippen molar-refractivity contribution in [2.24, 2.45) is 0 Å². The molecule has 4 nitrogen and oxygen atoms in total. The van der Waals surface area contributed by atoms with Crippen molar-refractivity contribution in [3.63, 3.8) is 0 Å². The van der Waals surface area contributed by atoms with E-state index in [1.165, 1.54) is 6.42 Å². The number of likely N-dealkylation sites (N-methyl/N-ethyl adjacent to an activating group) is 1. The average Bonchev–Trinajstić information content (AvgIpc) is 2.48. The Hall–Kier alpha value is -1.39. The number of carbonyl (C=O) groups excluding carboxylic acids is 1. The molecule has 2 rings (SSSR count). The molecule has 1 aliphatic heterocycles. The van der Waals surface area contributed by atoms with E-state index in [0.29, 0.717) is 0 Å². The predicted octanol–water partition coefficient (Wildman–Crippen LogP) is 1.55. The van der Waals surface area contributed by atoms with E-state index >= 15 is 0 Å². The molecule has 1 saturated heterocycles. The highest BCUT2D eigenvalue weighted by Crippen LogP contribution is 2.15. The fourth-order valence-corrected chi connectivity index (χ4v) is 2.63. The van der Waals surface area contributed by atoms with Gasteiger partial charge in [0.05, 0.1) is 12.1 Å². The number of rotatable bonds is 5. The molecule has 0 aromatic heterocycles. The number of hydrogen-bond donors (Lipinski definition) is 2. The van der Waals surface area contributed by atoms with E-state index in [1.807, 2.05) is 32.3 Å². The normalized spacial score (nSPS) is 20.6. The van der Waals surface area contributed by atoms with Gasteiger partial charge in [-0.05, 0) is 39.0 Å². The molecular formula is C16H25N3O. The summed E-state index contributed by atoms with van der Waals surface area (Å²) < 4.78 is 0. The number of hydrogen-bond acceptors (Lipinski definition) is 3. The molecule has 1 aromatic rings. The molecule has 2 N–H and O–H groups in total. The Morgan fingerprint density at radius 1 is 1.35 bits per heavy atom. The lowest BCUT2D eigenvalue weighted by Gasteiger charge is -2.27. The first-order valence-corrected chi connectivity index (χ1v) is 7.40. The van der Waals surface area contributed by atoms with Gasteiger partial charge in [-0.1, -0.05) is 36.8 Å². The summed E-state index contributed by atoms with van der Waals surface area (Å²) in [6.07, 6.45) is 3.24. The molecule has 0 radical (unpaired) electrons. The fourth-order valence-electron chi connectivity index (χ4n) is 2.63. The van der Waals surface area contributed by atoms with Crippen molar-refractivity contribution in [2.45, 2.75) is 31.3 Å². The molecule has 4 heteroatoms. The summed E-state index contributed by atoms with van der Waals surface area (Å²) in [7, 11) is 4.06. The maximum absolute atomic E-state index is 12.4. The Kier molecular flexibility index (Phi) is 5.56. The van der Waals surface area contributed by atoms with Gasteiger partial charge < -0.3 is 15.5 Å². The third-order valence-electron chi connectivity index (χ3n) is 3.69. The summed E-state index contributed by atoms with van der Waals surface area (Å²) in [4.78, 5) is 14.5. The van der Waals surface area contributed by atoms with Crippen LogP contribution >= 0.6 is 0 Å². The van der Waals surface area contributed by atoms with Gasteiger partial charge in [-0.15, -0.1) is 0 Å². The van der Waals surface area contributed by atoms with Gasteiger partial charge in [0.25, 0.3) is 0 Å². The van der Waals surface area contributed by atoms with Crippen molar-refractivity contribution in [1.29, 1.82) is 0 Å². The predicted molar refractivity (Wildman–Crippen MR) is 81.5 cm³/mol. The quantitative estimate of drug-likeness (QED) is 0.857. The molecule has 20 heavy (non-hydrogen) atoms. The third kappa shape index (κ3) is 4.32. The fraction of sp³-hybridized carbons (Fsp3) is 0.562. The molecular weight excluding hydrogens is 250 g/mol. The number of piperidine rings is 1. The Labute approximate surface area is 121 Å². The summed E-state index contributed by atoms with van der Waals surface area (Å²) in [5, 5.41) is 6.49. The van der Waals surface area contributed by atoms with Crippen LogP contribution in [0.3, 0.4) is 0 Å². The SMILES string of the molecule is CN(C)CC(NC(=O)[C@@H]1CCCCN1)c1ccccc1. The zero-order valence-electron chi connectivity index (χ0n) is 12.4. The maximum atomic E-state index is 12.4. The van der Waals surface area contributed by atoms with Crippen LogP contribution in [-0.4, -0.2) is 44.0 Å². The first-order chi connectivity index (χ1) is 9.66. The molecule has 0 bridgehead atoms. The molecule has 1 heterocycles. The summed E-state index contributed by atoms with van der Waals surface area (Å²) in [5.74, 6) is 0.125. The minimum atomic E-state index is -0.0304. The molecule has 1 aliphatic rings. The largest absolute Gasteiger partial charge is 0.347 e. The average molecular weight is 275 g/mol. The first-order valence-electron chi connectivity index (χ1n) is 7.40. The Morgan fingerprint density at radius 2 is 2.10 bits per heavy atom. The number of carbonyl (C=O) groups is 1. The third-order valence-corrected chi connectivity index (χ3v) is 3.69. The lowest BCUT2D eigenvalue weighted by molar-refractivity contribution is -0.124. The van der Waals surface area contributed by atoms with Crippen LogP contribution < -0.4 is 10.6 Å². The second-order valence-electron chi connectivity index (χ2n) is 5.74. The van der Waals surface area contributed by atoms with E-state index in [9.17, 15) is 4.79 Å². The smallest absolute Gasteiger partial charge is 0.237 e. The molecule has 2 atom stereocenters. The van der Waals surface area contributed by atoms with E-state index in [2.05, 4.69) is 27.7 Å². The van der Waals surface area contributed by atoms with Gasteiger partial charge in [0.1, 0.15) is 0 Å². The van der Waals surface area contributed by atoms with Crippen molar-refractivity contribution in [1.82, 2.24) is 15.5 Å². The van der Waals surface area contributed by atoms with Crippen molar-refractivity contribution >= 4 is 5.91 Å². The van der Waals surface area contributed by atoms with Crippen LogP contribution in [-0.2, 0) is 4.79 Å². The van der Waals surface area contributed by atoms with Crippen LogP contribution in [0.2, 0.25) is 0 Å². The van der Waals surface area contributed by atoms with Crippen molar-refractivity contribution in [3.8, 4) is 0 Å². The Bertz CT molecular complexity index is 413. The highest BCUT2D eigenvalue weighted by molar-refractivity contribution is 5.82. The molecule has 0 saturated carbocycles. The molecule has 1 fully saturated rings. The van der Waals surface area contributed by atoms with Gasteiger partial charge in [0.2, 0.25) is 5.91 Å². The van der Waals surface area contributed by atoms with E-state index in [4.69, 9.17) is 0 Å². The van der Waals surface area contributed by atoms with Gasteiger partial charge in [-0.2, -0.15) is 0 Å². The van der Waals surface area contributed by atoms with E-state index in [-0.39, 0.29) is 18.0 Å². The Balaban J connectivity index is 2.01. The van der Waals surface area contributed by atoms with Crippen LogP contribution in [0.25, 0.3) is 0 Å².